The number of nitrogens with one attached hydrogen (secondary N) is 2. The van der Waals surface area contributed by atoms with E-state index in [9.17, 15) is 19.2 Å². The van der Waals surface area contributed by atoms with Crippen LogP contribution in [0, 0.1) is 17.4 Å². The Balaban J connectivity index is 0.772. The van der Waals surface area contributed by atoms with E-state index >= 15 is 0 Å². The molecule has 2 N–H and O–H groups in total. The quantitative estimate of drug-likeness (QED) is 0.139. The summed E-state index contributed by atoms with van der Waals surface area (Å²) in [6, 6.07) is 17.0. The fourth-order valence-corrected chi connectivity index (χ4v) is 9.40. The van der Waals surface area contributed by atoms with Crippen molar-refractivity contribution in [1.29, 1.82) is 0 Å². The van der Waals surface area contributed by atoms with Crippen molar-refractivity contribution in [1.82, 2.24) is 35.4 Å². The summed E-state index contributed by atoms with van der Waals surface area (Å²) < 4.78 is 14.3. The molecule has 4 aromatic rings. The van der Waals surface area contributed by atoms with Crippen molar-refractivity contribution < 1.29 is 28.7 Å². The number of aryl methyl sites for hydroxylation is 1. The van der Waals surface area contributed by atoms with Crippen molar-refractivity contribution in [3.63, 3.8) is 0 Å². The van der Waals surface area contributed by atoms with Gasteiger partial charge in [-0.15, -0.1) is 5.10 Å². The summed E-state index contributed by atoms with van der Waals surface area (Å²) >= 11 is 6.25. The Hall–Kier alpha value is -5.78. The third kappa shape index (κ3) is 7.40. The van der Waals surface area contributed by atoms with E-state index in [1.54, 1.807) is 52.0 Å². The van der Waals surface area contributed by atoms with Gasteiger partial charge >= 0.3 is 0 Å². The molecule has 1 atom stereocenters. The van der Waals surface area contributed by atoms with Gasteiger partial charge in [0.25, 0.3) is 11.8 Å². The monoisotopic (exact) mass is 804 g/mol. The molecule has 1 aromatic heterocycles. The van der Waals surface area contributed by atoms with E-state index in [4.69, 9.17) is 27.6 Å². The fraction of sp³-hybridized carbons (Fsp3) is 0.419. The first-order valence-electron chi connectivity index (χ1n) is 19.5. The number of piperidine rings is 1. The van der Waals surface area contributed by atoms with Gasteiger partial charge < -0.3 is 19.7 Å². The molecule has 8 rings (SSSR count). The number of ether oxygens (including phenoxy) is 2. The highest BCUT2D eigenvalue weighted by Gasteiger charge is 2.64. The highest BCUT2D eigenvalue weighted by atomic mass is 35.5. The predicted molar refractivity (Wildman–Crippen MR) is 214 cm³/mol. The van der Waals surface area contributed by atoms with Crippen molar-refractivity contribution in [2.45, 2.75) is 84.2 Å². The van der Waals surface area contributed by atoms with E-state index in [0.29, 0.717) is 46.3 Å². The number of fused-ring (bicyclic) bond motifs is 1. The van der Waals surface area contributed by atoms with Crippen molar-refractivity contribution in [3.05, 3.63) is 106 Å². The minimum atomic E-state index is -0.640. The van der Waals surface area contributed by atoms with Gasteiger partial charge in [-0.25, -0.2) is 9.53 Å². The molecule has 14 nitrogen and oxygen atoms in total. The maximum atomic E-state index is 13.4. The summed E-state index contributed by atoms with van der Waals surface area (Å²) in [5.74, 6) is 0.205. The molecule has 0 radical (unpaired) electrons. The van der Waals surface area contributed by atoms with Crippen LogP contribution in [0.5, 0.6) is 11.5 Å². The van der Waals surface area contributed by atoms with Gasteiger partial charge in [0.05, 0.1) is 29.2 Å². The number of rotatable bonds is 12. The maximum Gasteiger partial charge on any atom is 0.255 e. The number of halogens is 1. The third-order valence-corrected chi connectivity index (χ3v) is 12.3. The Labute approximate surface area is 341 Å². The van der Waals surface area contributed by atoms with Crippen molar-refractivity contribution in [2.75, 3.05) is 19.6 Å². The van der Waals surface area contributed by atoms with Crippen LogP contribution in [0.25, 0.3) is 10.5 Å². The molecular weight excluding hydrogens is 760 g/mol. The van der Waals surface area contributed by atoms with E-state index in [1.807, 2.05) is 24.4 Å². The van der Waals surface area contributed by atoms with Gasteiger partial charge in [-0.1, -0.05) is 50.6 Å². The second kappa shape index (κ2) is 15.2. The Morgan fingerprint density at radius 2 is 1.72 bits per heavy atom. The number of amides is 4. The molecule has 0 spiro atoms. The van der Waals surface area contributed by atoms with E-state index in [-0.39, 0.29) is 53.2 Å². The third-order valence-electron chi connectivity index (χ3n) is 12.0. The van der Waals surface area contributed by atoms with Gasteiger partial charge in [-0.05, 0) is 86.0 Å². The number of carbonyl (C=O) groups excluding carboxylic acids is 4. The zero-order chi connectivity index (χ0) is 40.9. The van der Waals surface area contributed by atoms with Crippen LogP contribution in [-0.4, -0.2) is 92.3 Å². The minimum Gasteiger partial charge on any atom is -0.489 e. The van der Waals surface area contributed by atoms with Gasteiger partial charge in [-0.3, -0.25) is 29.4 Å². The van der Waals surface area contributed by atoms with Gasteiger partial charge in [0.2, 0.25) is 17.5 Å². The number of hydrogen-bond donors (Lipinski definition) is 2. The van der Waals surface area contributed by atoms with E-state index in [0.717, 1.165) is 49.4 Å². The SMILES string of the molecule is [C-]#[N+]c1ccc(OC2C(C)(C)C(NC(=O)c3ccc(-n4cc(CCCN5CC(Oc6ccc7c(c6)CN(C6CCC(=O)NC6=O)C7=O)C5)nn4)cc3)C2(C)C)cc1Cl. The first-order valence-corrected chi connectivity index (χ1v) is 19.9. The minimum absolute atomic E-state index is 0.0471. The van der Waals surface area contributed by atoms with Gasteiger partial charge in [0.15, 0.2) is 0 Å². The van der Waals surface area contributed by atoms with Crippen LogP contribution in [0.3, 0.4) is 0 Å². The van der Waals surface area contributed by atoms with Crippen LogP contribution in [0.1, 0.15) is 78.9 Å². The summed E-state index contributed by atoms with van der Waals surface area (Å²) in [6.45, 7) is 18.3. The lowest BCUT2D eigenvalue weighted by Crippen LogP contribution is -2.74. The molecule has 1 saturated carbocycles. The lowest BCUT2D eigenvalue weighted by molar-refractivity contribution is -0.164. The van der Waals surface area contributed by atoms with Crippen LogP contribution < -0.4 is 20.1 Å². The second-order valence-electron chi connectivity index (χ2n) is 16.8. The zero-order valence-electron chi connectivity index (χ0n) is 32.8. The molecule has 58 heavy (non-hydrogen) atoms. The smallest absolute Gasteiger partial charge is 0.255 e. The van der Waals surface area contributed by atoms with E-state index in [2.05, 4.69) is 58.4 Å². The molecule has 2 saturated heterocycles. The molecule has 1 aliphatic carbocycles. The van der Waals surface area contributed by atoms with Crippen molar-refractivity contribution in [2.24, 2.45) is 10.8 Å². The molecule has 4 aliphatic rings. The van der Waals surface area contributed by atoms with Crippen molar-refractivity contribution >= 4 is 40.9 Å². The van der Waals surface area contributed by atoms with Crippen LogP contribution in [0.2, 0.25) is 5.02 Å². The number of nitrogens with zero attached hydrogens (tertiary/aromatic N) is 6. The number of benzene rings is 3. The lowest BCUT2D eigenvalue weighted by atomic mass is 9.49. The average molecular weight is 805 g/mol. The normalized spacial score (nSPS) is 22.3. The standard InChI is InChI=1S/C43H45ClN8O6/c1-42(2)40(43(3,4)41(42)58-30-13-15-34(45-5)33(44)20-30)47-37(54)25-8-10-28(11-9-25)52-22-27(48-49-52)7-6-18-50-23-31(24-50)57-29-12-14-32-26(19-29)21-51(39(32)56)35-16-17-36(53)46-38(35)55/h8-15,19-20,22,31,35,40-41H,6-7,16-18,21,23-24H2,1-4H3,(H,47,54)(H,46,53,55). The van der Waals surface area contributed by atoms with Gasteiger partial charge in [-0.2, -0.15) is 0 Å². The van der Waals surface area contributed by atoms with Gasteiger partial charge in [0.1, 0.15) is 29.7 Å². The number of carbonyl (C=O) groups is 4. The maximum absolute atomic E-state index is 13.4. The summed E-state index contributed by atoms with van der Waals surface area (Å²) in [5.41, 5.74) is 3.25. The van der Waals surface area contributed by atoms with Crippen LogP contribution in [-0.2, 0) is 22.6 Å². The number of aromatic nitrogens is 3. The highest BCUT2D eigenvalue weighted by Crippen LogP contribution is 2.55. The summed E-state index contributed by atoms with van der Waals surface area (Å²) in [6.07, 6.45) is 4.00. The number of imide groups is 1. The number of likely N-dealkylation sites (tertiary alicyclic amines) is 1. The van der Waals surface area contributed by atoms with Gasteiger partial charge in [0, 0.05) is 54.1 Å². The van der Waals surface area contributed by atoms with Crippen molar-refractivity contribution in [3.8, 4) is 17.2 Å². The number of hydrogen-bond acceptors (Lipinski definition) is 9. The molecule has 15 heteroatoms. The molecule has 0 bridgehead atoms. The Morgan fingerprint density at radius 1 is 1.00 bits per heavy atom. The van der Waals surface area contributed by atoms with Crippen LogP contribution in [0.4, 0.5) is 5.69 Å². The van der Waals surface area contributed by atoms with E-state index < -0.39 is 11.9 Å². The molecule has 1 unspecified atom stereocenters. The summed E-state index contributed by atoms with van der Waals surface area (Å²) in [7, 11) is 0. The average Bonchev–Trinajstić information content (AvgIpc) is 3.78. The Kier molecular flexibility index (Phi) is 10.2. The first kappa shape index (κ1) is 39.1. The molecule has 3 aliphatic heterocycles. The summed E-state index contributed by atoms with van der Waals surface area (Å²) in [4.78, 5) is 57.6. The van der Waals surface area contributed by atoms with Crippen LogP contribution in [0.15, 0.2) is 66.9 Å². The van der Waals surface area contributed by atoms with Crippen LogP contribution >= 0.6 is 11.6 Å². The predicted octanol–water partition coefficient (Wildman–Crippen LogP) is 5.54. The Bertz CT molecular complexity index is 2310. The lowest BCUT2D eigenvalue weighted by Gasteiger charge is -2.63. The van der Waals surface area contributed by atoms with E-state index in [1.165, 1.54) is 0 Å². The topological polar surface area (TPSA) is 152 Å². The summed E-state index contributed by atoms with van der Waals surface area (Å²) in [5, 5.41) is 14.6. The molecule has 4 amide bonds. The Morgan fingerprint density at radius 3 is 2.43 bits per heavy atom. The molecule has 4 heterocycles. The molecule has 3 fully saturated rings. The largest absolute Gasteiger partial charge is 0.489 e. The molecule has 3 aromatic carbocycles. The molecule has 300 valence electrons. The zero-order valence-corrected chi connectivity index (χ0v) is 33.6. The second-order valence-corrected chi connectivity index (χ2v) is 17.2. The fourth-order valence-electron chi connectivity index (χ4n) is 9.19. The molecular formula is C43H45ClN8O6. The first-order chi connectivity index (χ1) is 27.7. The highest BCUT2D eigenvalue weighted by molar-refractivity contribution is 6.33.